The van der Waals surface area contributed by atoms with Gasteiger partial charge in [-0.2, -0.15) is 0 Å². The molecule has 8 nitrogen and oxygen atoms in total. The van der Waals surface area contributed by atoms with E-state index in [1.165, 1.54) is 12.0 Å². The third-order valence-electron chi connectivity index (χ3n) is 4.92. The standard InChI is InChI=1S/C22H25N3O5/c1-29-16-8-9-17(19(14-16)30-2)23-20(26)11-10-18-21(27)25(22(28)24-18)13-12-15-6-4-3-5-7-15/h3-9,14,18H,10-13H2,1-2H3,(H,23,26)(H,24,28). The van der Waals surface area contributed by atoms with Gasteiger partial charge < -0.3 is 20.1 Å². The van der Waals surface area contributed by atoms with E-state index in [1.54, 1.807) is 25.3 Å². The van der Waals surface area contributed by atoms with Crippen LogP contribution in [0.4, 0.5) is 10.5 Å². The van der Waals surface area contributed by atoms with Crippen LogP contribution in [0.5, 0.6) is 11.5 Å². The molecular formula is C22H25N3O5. The fraction of sp³-hybridized carbons (Fsp3) is 0.318. The molecule has 1 fully saturated rings. The zero-order chi connectivity index (χ0) is 21.5. The Morgan fingerprint density at radius 3 is 2.57 bits per heavy atom. The quantitative estimate of drug-likeness (QED) is 0.618. The van der Waals surface area contributed by atoms with Crippen molar-refractivity contribution < 1.29 is 23.9 Å². The van der Waals surface area contributed by atoms with Crippen LogP contribution in [0.25, 0.3) is 0 Å². The van der Waals surface area contributed by atoms with E-state index in [0.29, 0.717) is 30.2 Å². The molecule has 0 spiro atoms. The van der Waals surface area contributed by atoms with Gasteiger partial charge in [0.25, 0.3) is 5.91 Å². The largest absolute Gasteiger partial charge is 0.497 e. The van der Waals surface area contributed by atoms with Crippen LogP contribution in [0.1, 0.15) is 18.4 Å². The summed E-state index contributed by atoms with van der Waals surface area (Å²) in [6.07, 6.45) is 0.888. The molecule has 0 aromatic heterocycles. The summed E-state index contributed by atoms with van der Waals surface area (Å²) >= 11 is 0. The lowest BCUT2D eigenvalue weighted by Crippen LogP contribution is -2.33. The van der Waals surface area contributed by atoms with Gasteiger partial charge in [0.15, 0.2) is 0 Å². The van der Waals surface area contributed by atoms with Gasteiger partial charge in [-0.25, -0.2) is 4.79 Å². The number of anilines is 1. The minimum atomic E-state index is -0.697. The summed E-state index contributed by atoms with van der Waals surface area (Å²) in [5.74, 6) is 0.508. The van der Waals surface area contributed by atoms with E-state index in [9.17, 15) is 14.4 Å². The van der Waals surface area contributed by atoms with E-state index < -0.39 is 12.1 Å². The van der Waals surface area contributed by atoms with Crippen molar-refractivity contribution in [1.82, 2.24) is 10.2 Å². The molecule has 1 unspecified atom stereocenters. The van der Waals surface area contributed by atoms with Gasteiger partial charge in [-0.15, -0.1) is 0 Å². The molecule has 2 aromatic carbocycles. The Hall–Kier alpha value is -3.55. The maximum absolute atomic E-state index is 12.6. The van der Waals surface area contributed by atoms with Crippen LogP contribution in [0, 0.1) is 0 Å². The molecule has 1 heterocycles. The van der Waals surface area contributed by atoms with Crippen LogP contribution in [0.2, 0.25) is 0 Å². The summed E-state index contributed by atoms with van der Waals surface area (Å²) in [5, 5.41) is 5.43. The molecule has 1 saturated heterocycles. The Morgan fingerprint density at radius 1 is 1.10 bits per heavy atom. The van der Waals surface area contributed by atoms with E-state index in [4.69, 9.17) is 9.47 Å². The minimum absolute atomic E-state index is 0.0817. The molecule has 2 aromatic rings. The summed E-state index contributed by atoms with van der Waals surface area (Å²) in [4.78, 5) is 38.3. The summed E-state index contributed by atoms with van der Waals surface area (Å²) < 4.78 is 10.4. The number of hydrogen-bond acceptors (Lipinski definition) is 5. The normalized spacial score (nSPS) is 15.7. The van der Waals surface area contributed by atoms with Gasteiger partial charge >= 0.3 is 6.03 Å². The van der Waals surface area contributed by atoms with Crippen LogP contribution in [-0.2, 0) is 16.0 Å². The van der Waals surface area contributed by atoms with Gasteiger partial charge in [0.2, 0.25) is 5.91 Å². The Bertz CT molecular complexity index is 916. The molecule has 0 bridgehead atoms. The number of nitrogens with zero attached hydrogens (tertiary/aromatic N) is 1. The second-order valence-electron chi connectivity index (χ2n) is 6.88. The number of imide groups is 1. The number of hydrogen-bond donors (Lipinski definition) is 2. The summed E-state index contributed by atoms with van der Waals surface area (Å²) in [7, 11) is 3.05. The van der Waals surface area contributed by atoms with Gasteiger partial charge in [0.1, 0.15) is 17.5 Å². The van der Waals surface area contributed by atoms with Crippen molar-refractivity contribution >= 4 is 23.5 Å². The Balaban J connectivity index is 1.51. The highest BCUT2D eigenvalue weighted by Crippen LogP contribution is 2.29. The molecule has 2 N–H and O–H groups in total. The molecule has 0 saturated carbocycles. The third kappa shape index (κ3) is 5.08. The highest BCUT2D eigenvalue weighted by Gasteiger charge is 2.37. The number of ether oxygens (including phenoxy) is 2. The molecule has 0 radical (unpaired) electrons. The fourth-order valence-electron chi connectivity index (χ4n) is 3.26. The number of methoxy groups -OCH3 is 2. The lowest BCUT2D eigenvalue weighted by molar-refractivity contribution is -0.127. The maximum atomic E-state index is 12.6. The Labute approximate surface area is 175 Å². The predicted octanol–water partition coefficient (Wildman–Crippen LogP) is 2.59. The molecule has 30 heavy (non-hydrogen) atoms. The van der Waals surface area contributed by atoms with E-state index in [0.717, 1.165) is 5.56 Å². The van der Waals surface area contributed by atoms with Gasteiger partial charge in [-0.05, 0) is 30.5 Å². The van der Waals surface area contributed by atoms with Crippen molar-refractivity contribution in [3.8, 4) is 11.5 Å². The predicted molar refractivity (Wildman–Crippen MR) is 112 cm³/mol. The molecule has 1 aliphatic heterocycles. The SMILES string of the molecule is COc1ccc(NC(=O)CCC2NC(=O)N(CCc3ccccc3)C2=O)c(OC)c1. The van der Waals surface area contributed by atoms with Crippen molar-refractivity contribution in [3.63, 3.8) is 0 Å². The second kappa shape index (κ2) is 9.78. The third-order valence-corrected chi connectivity index (χ3v) is 4.92. The minimum Gasteiger partial charge on any atom is -0.497 e. The first-order chi connectivity index (χ1) is 14.5. The summed E-state index contributed by atoms with van der Waals surface area (Å²) in [5.41, 5.74) is 1.56. The number of carbonyl (C=O) groups is 3. The molecule has 8 heteroatoms. The van der Waals surface area contributed by atoms with E-state index in [1.807, 2.05) is 30.3 Å². The van der Waals surface area contributed by atoms with Crippen LogP contribution >= 0.6 is 0 Å². The first-order valence-electron chi connectivity index (χ1n) is 9.69. The van der Waals surface area contributed by atoms with Crippen molar-refractivity contribution in [2.45, 2.75) is 25.3 Å². The maximum Gasteiger partial charge on any atom is 0.324 e. The smallest absolute Gasteiger partial charge is 0.324 e. The zero-order valence-electron chi connectivity index (χ0n) is 17.0. The second-order valence-corrected chi connectivity index (χ2v) is 6.88. The van der Waals surface area contributed by atoms with E-state index >= 15 is 0 Å². The highest BCUT2D eigenvalue weighted by atomic mass is 16.5. The van der Waals surface area contributed by atoms with Crippen LogP contribution < -0.4 is 20.1 Å². The molecular weight excluding hydrogens is 386 g/mol. The Kier molecular flexibility index (Phi) is 6.90. The number of carbonyl (C=O) groups excluding carboxylic acids is 3. The van der Waals surface area contributed by atoms with E-state index in [2.05, 4.69) is 10.6 Å². The van der Waals surface area contributed by atoms with Gasteiger partial charge in [-0.1, -0.05) is 30.3 Å². The number of urea groups is 1. The monoisotopic (exact) mass is 411 g/mol. The number of amides is 4. The molecule has 4 amide bonds. The average Bonchev–Trinajstić information content (AvgIpc) is 3.04. The topological polar surface area (TPSA) is 97.0 Å². The number of nitrogens with one attached hydrogen (secondary N) is 2. The van der Waals surface area contributed by atoms with Crippen LogP contribution in [0.15, 0.2) is 48.5 Å². The summed E-state index contributed by atoms with van der Waals surface area (Å²) in [6, 6.07) is 13.6. The van der Waals surface area contributed by atoms with Crippen molar-refractivity contribution in [2.24, 2.45) is 0 Å². The molecule has 1 aliphatic rings. The van der Waals surface area contributed by atoms with Gasteiger partial charge in [-0.3, -0.25) is 14.5 Å². The fourth-order valence-corrected chi connectivity index (χ4v) is 3.26. The summed E-state index contributed by atoms with van der Waals surface area (Å²) in [6.45, 7) is 0.306. The first kappa shape index (κ1) is 21.2. The Morgan fingerprint density at radius 2 is 1.87 bits per heavy atom. The average molecular weight is 411 g/mol. The van der Waals surface area contributed by atoms with Crippen LogP contribution in [0.3, 0.4) is 0 Å². The van der Waals surface area contributed by atoms with E-state index in [-0.39, 0.29) is 24.7 Å². The highest BCUT2D eigenvalue weighted by molar-refractivity contribution is 6.04. The number of benzene rings is 2. The van der Waals surface area contributed by atoms with Crippen molar-refractivity contribution in [2.75, 3.05) is 26.1 Å². The molecule has 1 atom stereocenters. The van der Waals surface area contributed by atoms with Crippen molar-refractivity contribution in [1.29, 1.82) is 0 Å². The lowest BCUT2D eigenvalue weighted by Gasteiger charge is -2.13. The molecule has 0 aliphatic carbocycles. The molecule has 3 rings (SSSR count). The van der Waals surface area contributed by atoms with Crippen molar-refractivity contribution in [3.05, 3.63) is 54.1 Å². The van der Waals surface area contributed by atoms with Gasteiger partial charge in [0.05, 0.1) is 19.9 Å². The van der Waals surface area contributed by atoms with Crippen LogP contribution in [-0.4, -0.2) is 49.6 Å². The molecule has 158 valence electrons. The van der Waals surface area contributed by atoms with Gasteiger partial charge in [0, 0.05) is 19.0 Å². The lowest BCUT2D eigenvalue weighted by atomic mass is 10.1. The first-order valence-corrected chi connectivity index (χ1v) is 9.69. The number of rotatable bonds is 9. The zero-order valence-corrected chi connectivity index (χ0v) is 17.0.